The zero-order valence-corrected chi connectivity index (χ0v) is 17.8. The summed E-state index contributed by atoms with van der Waals surface area (Å²) in [5.41, 5.74) is 2.48. The van der Waals surface area contributed by atoms with Gasteiger partial charge < -0.3 is 9.47 Å². The highest BCUT2D eigenvalue weighted by Crippen LogP contribution is 2.39. The number of nitro benzene ring substituents is 1. The third kappa shape index (κ3) is 4.84. The number of thiazole rings is 1. The van der Waals surface area contributed by atoms with Gasteiger partial charge >= 0.3 is 0 Å². The van der Waals surface area contributed by atoms with Gasteiger partial charge in [-0.2, -0.15) is 0 Å². The number of rotatable bonds is 8. The summed E-state index contributed by atoms with van der Waals surface area (Å²) in [5.74, 6) is 1.30. The molecule has 2 aromatic carbocycles. The maximum Gasteiger partial charge on any atom is 0.269 e. The van der Waals surface area contributed by atoms with Gasteiger partial charge in [0.1, 0.15) is 5.01 Å². The van der Waals surface area contributed by atoms with Crippen molar-refractivity contribution < 1.29 is 14.4 Å². The highest BCUT2D eigenvalue weighted by atomic mass is 35.5. The highest BCUT2D eigenvalue weighted by molar-refractivity contribution is 7.13. The number of aromatic nitrogens is 1. The summed E-state index contributed by atoms with van der Waals surface area (Å²) in [7, 11) is 5.12. The number of non-ortho nitro benzene ring substituents is 1. The Morgan fingerprint density at radius 1 is 1.21 bits per heavy atom. The van der Waals surface area contributed by atoms with E-state index in [2.05, 4.69) is 0 Å². The Hall–Kier alpha value is -2.68. The van der Waals surface area contributed by atoms with Gasteiger partial charge in [-0.15, -0.1) is 11.3 Å². The summed E-state index contributed by atoms with van der Waals surface area (Å²) in [5, 5.41) is 14.3. The first-order chi connectivity index (χ1) is 13.9. The fraction of sp³-hybridized carbons (Fsp3) is 0.250. The molecule has 0 bridgehead atoms. The van der Waals surface area contributed by atoms with Crippen molar-refractivity contribution in [2.24, 2.45) is 0 Å². The van der Waals surface area contributed by atoms with Crippen LogP contribution in [0.4, 0.5) is 5.69 Å². The molecule has 3 rings (SSSR count). The van der Waals surface area contributed by atoms with Crippen LogP contribution in [0, 0.1) is 10.1 Å². The Morgan fingerprint density at radius 3 is 2.69 bits per heavy atom. The second-order valence-electron chi connectivity index (χ2n) is 6.39. The number of ether oxygens (including phenoxy) is 2. The standard InChI is InChI=1S/C20H20ClN3O4S/c1-23(10-13-9-15(24(25)26)7-8-17(13)21)11-14-12-29-20(22-14)16-5-4-6-18(27-2)19(16)28-3/h4-9,12H,10-11H2,1-3H3. The van der Waals surface area contributed by atoms with Gasteiger partial charge in [-0.25, -0.2) is 4.98 Å². The van der Waals surface area contributed by atoms with E-state index in [-0.39, 0.29) is 5.69 Å². The Balaban J connectivity index is 1.76. The van der Waals surface area contributed by atoms with Crippen LogP contribution in [-0.2, 0) is 13.1 Å². The summed E-state index contributed by atoms with van der Waals surface area (Å²) in [4.78, 5) is 17.3. The zero-order chi connectivity index (χ0) is 21.0. The van der Waals surface area contributed by atoms with Crippen molar-refractivity contribution in [3.63, 3.8) is 0 Å². The van der Waals surface area contributed by atoms with E-state index in [0.29, 0.717) is 35.2 Å². The predicted octanol–water partition coefficient (Wildman–Crippen LogP) is 5.02. The lowest BCUT2D eigenvalue weighted by Crippen LogP contribution is -2.17. The number of para-hydroxylation sites is 1. The van der Waals surface area contributed by atoms with Crippen LogP contribution >= 0.6 is 22.9 Å². The van der Waals surface area contributed by atoms with Crippen molar-refractivity contribution in [2.75, 3.05) is 21.3 Å². The summed E-state index contributed by atoms with van der Waals surface area (Å²) in [6.07, 6.45) is 0. The SMILES string of the molecule is COc1cccc(-c2nc(CN(C)Cc3cc([N+](=O)[O-])ccc3Cl)cs2)c1OC. The van der Waals surface area contributed by atoms with Crippen molar-refractivity contribution >= 4 is 28.6 Å². The second-order valence-corrected chi connectivity index (χ2v) is 7.66. The van der Waals surface area contributed by atoms with Gasteiger partial charge in [0.15, 0.2) is 11.5 Å². The molecule has 0 saturated heterocycles. The number of nitro groups is 1. The van der Waals surface area contributed by atoms with E-state index in [1.54, 1.807) is 20.3 Å². The number of hydrogen-bond donors (Lipinski definition) is 0. The minimum absolute atomic E-state index is 0.0267. The largest absolute Gasteiger partial charge is 0.493 e. The maximum absolute atomic E-state index is 11.0. The van der Waals surface area contributed by atoms with E-state index in [9.17, 15) is 10.1 Å². The predicted molar refractivity (Wildman–Crippen MR) is 114 cm³/mol. The molecule has 9 heteroatoms. The number of halogens is 1. The average molecular weight is 434 g/mol. The van der Waals surface area contributed by atoms with Gasteiger partial charge in [0.2, 0.25) is 0 Å². The Kier molecular flexibility index (Phi) is 6.68. The minimum atomic E-state index is -0.423. The van der Waals surface area contributed by atoms with Crippen molar-refractivity contribution in [1.82, 2.24) is 9.88 Å². The molecule has 0 fully saturated rings. The number of nitrogens with zero attached hydrogens (tertiary/aromatic N) is 3. The van der Waals surface area contributed by atoms with Crippen molar-refractivity contribution in [2.45, 2.75) is 13.1 Å². The van der Waals surface area contributed by atoms with Crippen LogP contribution < -0.4 is 9.47 Å². The molecule has 0 atom stereocenters. The van der Waals surface area contributed by atoms with Gasteiger partial charge in [0.05, 0.1) is 30.4 Å². The molecular formula is C20H20ClN3O4S. The minimum Gasteiger partial charge on any atom is -0.493 e. The monoisotopic (exact) mass is 433 g/mol. The fourth-order valence-electron chi connectivity index (χ4n) is 2.98. The number of hydrogen-bond acceptors (Lipinski definition) is 7. The van der Waals surface area contributed by atoms with Gasteiger partial charge in [0.25, 0.3) is 5.69 Å². The van der Waals surface area contributed by atoms with Crippen LogP contribution in [0.5, 0.6) is 11.5 Å². The normalized spacial score (nSPS) is 10.9. The van der Waals surface area contributed by atoms with Crippen molar-refractivity contribution in [3.05, 3.63) is 68.2 Å². The van der Waals surface area contributed by atoms with E-state index in [0.717, 1.165) is 16.3 Å². The lowest BCUT2D eigenvalue weighted by atomic mass is 10.2. The molecule has 1 heterocycles. The van der Waals surface area contributed by atoms with Crippen LogP contribution in [0.2, 0.25) is 5.02 Å². The molecule has 29 heavy (non-hydrogen) atoms. The summed E-state index contributed by atoms with van der Waals surface area (Å²) >= 11 is 7.73. The maximum atomic E-state index is 11.0. The zero-order valence-electron chi connectivity index (χ0n) is 16.2. The molecule has 0 radical (unpaired) electrons. The van der Waals surface area contributed by atoms with E-state index in [1.807, 2.05) is 35.5 Å². The molecule has 0 aliphatic heterocycles. The van der Waals surface area contributed by atoms with Gasteiger partial charge in [-0.1, -0.05) is 17.7 Å². The molecule has 1 aromatic heterocycles. The van der Waals surface area contributed by atoms with Crippen LogP contribution in [0.3, 0.4) is 0 Å². The lowest BCUT2D eigenvalue weighted by molar-refractivity contribution is -0.384. The quantitative estimate of drug-likeness (QED) is 0.366. The van der Waals surface area contributed by atoms with Crippen LogP contribution in [-0.4, -0.2) is 36.1 Å². The summed E-state index contributed by atoms with van der Waals surface area (Å²) in [6, 6.07) is 10.1. The Bertz CT molecular complexity index is 1020. The van der Waals surface area contributed by atoms with E-state index in [1.165, 1.54) is 23.5 Å². The molecule has 0 aliphatic carbocycles. The summed E-state index contributed by atoms with van der Waals surface area (Å²) in [6.45, 7) is 1.04. The number of methoxy groups -OCH3 is 2. The fourth-order valence-corrected chi connectivity index (χ4v) is 3.99. The Morgan fingerprint density at radius 2 is 2.00 bits per heavy atom. The molecular weight excluding hydrogens is 414 g/mol. The van der Waals surface area contributed by atoms with Crippen molar-refractivity contribution in [1.29, 1.82) is 0 Å². The molecule has 0 unspecified atom stereocenters. The third-order valence-electron chi connectivity index (χ3n) is 4.30. The first kappa shape index (κ1) is 21.0. The molecule has 0 amide bonds. The molecule has 0 N–H and O–H groups in total. The van der Waals surface area contributed by atoms with Crippen molar-refractivity contribution in [3.8, 4) is 22.1 Å². The van der Waals surface area contributed by atoms with Crippen LogP contribution in [0.1, 0.15) is 11.3 Å². The topological polar surface area (TPSA) is 77.7 Å². The van der Waals surface area contributed by atoms with E-state index >= 15 is 0 Å². The third-order valence-corrected chi connectivity index (χ3v) is 5.59. The molecule has 7 nitrogen and oxygen atoms in total. The molecule has 0 saturated carbocycles. The molecule has 0 spiro atoms. The smallest absolute Gasteiger partial charge is 0.269 e. The summed E-state index contributed by atoms with van der Waals surface area (Å²) < 4.78 is 10.9. The first-order valence-electron chi connectivity index (χ1n) is 8.70. The van der Waals surface area contributed by atoms with Gasteiger partial charge in [-0.05, 0) is 30.8 Å². The average Bonchev–Trinajstić information content (AvgIpc) is 3.16. The molecule has 0 aliphatic rings. The highest BCUT2D eigenvalue weighted by Gasteiger charge is 2.16. The van der Waals surface area contributed by atoms with Gasteiger partial charge in [0, 0.05) is 35.6 Å². The van der Waals surface area contributed by atoms with Gasteiger partial charge in [-0.3, -0.25) is 15.0 Å². The van der Waals surface area contributed by atoms with E-state index in [4.69, 9.17) is 26.1 Å². The number of benzene rings is 2. The first-order valence-corrected chi connectivity index (χ1v) is 9.95. The Labute approximate surface area is 177 Å². The van der Waals surface area contributed by atoms with E-state index < -0.39 is 4.92 Å². The second kappa shape index (κ2) is 9.21. The van der Waals surface area contributed by atoms with Crippen LogP contribution in [0.15, 0.2) is 41.8 Å². The molecule has 3 aromatic rings. The lowest BCUT2D eigenvalue weighted by Gasteiger charge is -2.16. The van der Waals surface area contributed by atoms with Crippen LogP contribution in [0.25, 0.3) is 10.6 Å². The molecule has 152 valence electrons.